The van der Waals surface area contributed by atoms with Gasteiger partial charge < -0.3 is 16.4 Å². The monoisotopic (exact) mass is 185 g/mol. The Bertz CT molecular complexity index is 166. The molecule has 1 rings (SSSR count). The summed E-state index contributed by atoms with van der Waals surface area (Å²) in [5.41, 5.74) is 5.13. The zero-order valence-corrected chi connectivity index (χ0v) is 8.18. The normalized spacial score (nSPS) is 25.5. The van der Waals surface area contributed by atoms with Gasteiger partial charge in [0.05, 0.1) is 6.04 Å². The second kappa shape index (κ2) is 5.19. The second-order valence-corrected chi connectivity index (χ2v) is 3.74. The van der Waals surface area contributed by atoms with Gasteiger partial charge in [-0.15, -0.1) is 0 Å². The van der Waals surface area contributed by atoms with Crippen molar-refractivity contribution < 1.29 is 4.79 Å². The van der Waals surface area contributed by atoms with Crippen LogP contribution in [0.25, 0.3) is 0 Å². The van der Waals surface area contributed by atoms with Crippen LogP contribution in [0.4, 0.5) is 0 Å². The van der Waals surface area contributed by atoms with Gasteiger partial charge in [0.2, 0.25) is 5.91 Å². The number of carbonyl (C=O) groups excluding carboxylic acids is 1. The van der Waals surface area contributed by atoms with Crippen molar-refractivity contribution in [2.45, 2.75) is 25.8 Å². The summed E-state index contributed by atoms with van der Waals surface area (Å²) in [6.07, 6.45) is 2.47. The maximum atomic E-state index is 10.7. The third kappa shape index (κ3) is 3.74. The highest BCUT2D eigenvalue weighted by Crippen LogP contribution is 2.08. The van der Waals surface area contributed by atoms with Gasteiger partial charge in [-0.1, -0.05) is 0 Å². The molecule has 0 aliphatic carbocycles. The molecule has 4 nitrogen and oxygen atoms in total. The van der Waals surface area contributed by atoms with Crippen molar-refractivity contribution in [1.29, 1.82) is 0 Å². The van der Waals surface area contributed by atoms with Gasteiger partial charge in [0.15, 0.2) is 0 Å². The molecule has 13 heavy (non-hydrogen) atoms. The molecule has 0 bridgehead atoms. The number of primary amides is 1. The van der Waals surface area contributed by atoms with Gasteiger partial charge in [-0.05, 0) is 45.3 Å². The lowest BCUT2D eigenvalue weighted by Gasteiger charge is -2.24. The van der Waals surface area contributed by atoms with E-state index in [1.807, 2.05) is 0 Å². The fraction of sp³-hybridized carbons (Fsp3) is 0.889. The Morgan fingerprint density at radius 3 is 3.08 bits per heavy atom. The van der Waals surface area contributed by atoms with Crippen LogP contribution in [-0.4, -0.2) is 31.6 Å². The minimum Gasteiger partial charge on any atom is -0.368 e. The molecule has 76 valence electrons. The predicted octanol–water partition coefficient (Wildman–Crippen LogP) is -0.551. The summed E-state index contributed by atoms with van der Waals surface area (Å²) in [4.78, 5) is 10.7. The number of nitrogens with two attached hydrogens (primary N) is 1. The number of hydrogen-bond acceptors (Lipinski definition) is 3. The Labute approximate surface area is 79.3 Å². The summed E-state index contributed by atoms with van der Waals surface area (Å²) in [7, 11) is 0. The van der Waals surface area contributed by atoms with Gasteiger partial charge >= 0.3 is 0 Å². The average Bonchev–Trinajstić information content (AvgIpc) is 2.15. The minimum absolute atomic E-state index is 0.207. The summed E-state index contributed by atoms with van der Waals surface area (Å²) in [5, 5.41) is 6.47. The van der Waals surface area contributed by atoms with E-state index in [1.54, 1.807) is 6.92 Å². The van der Waals surface area contributed by atoms with E-state index in [0.717, 1.165) is 19.6 Å². The lowest BCUT2D eigenvalue weighted by molar-refractivity contribution is -0.119. The van der Waals surface area contributed by atoms with Crippen LogP contribution in [0.3, 0.4) is 0 Å². The minimum atomic E-state index is -0.274. The molecule has 1 aliphatic rings. The highest BCUT2D eigenvalue weighted by atomic mass is 16.1. The fourth-order valence-corrected chi connectivity index (χ4v) is 1.54. The molecule has 1 aliphatic heterocycles. The van der Waals surface area contributed by atoms with E-state index in [2.05, 4.69) is 10.6 Å². The van der Waals surface area contributed by atoms with E-state index < -0.39 is 0 Å². The van der Waals surface area contributed by atoms with E-state index in [9.17, 15) is 4.79 Å². The maximum Gasteiger partial charge on any atom is 0.234 e. The first-order valence-corrected chi connectivity index (χ1v) is 4.93. The van der Waals surface area contributed by atoms with Crippen molar-refractivity contribution in [3.63, 3.8) is 0 Å². The van der Waals surface area contributed by atoms with Crippen LogP contribution in [0.1, 0.15) is 19.8 Å². The Morgan fingerprint density at radius 1 is 1.77 bits per heavy atom. The average molecular weight is 185 g/mol. The van der Waals surface area contributed by atoms with Crippen molar-refractivity contribution in [1.82, 2.24) is 10.6 Å². The molecule has 4 heteroatoms. The van der Waals surface area contributed by atoms with E-state index >= 15 is 0 Å². The molecule has 1 heterocycles. The van der Waals surface area contributed by atoms with Gasteiger partial charge in [-0.2, -0.15) is 0 Å². The van der Waals surface area contributed by atoms with Crippen molar-refractivity contribution in [3.8, 4) is 0 Å². The van der Waals surface area contributed by atoms with Crippen LogP contribution in [0.15, 0.2) is 0 Å². The molecule has 1 amide bonds. The van der Waals surface area contributed by atoms with Gasteiger partial charge in [-0.25, -0.2) is 0 Å². The lowest BCUT2D eigenvalue weighted by atomic mass is 9.99. The Kier molecular flexibility index (Phi) is 4.18. The number of piperidine rings is 1. The Morgan fingerprint density at radius 2 is 2.54 bits per heavy atom. The summed E-state index contributed by atoms with van der Waals surface area (Å²) in [6.45, 7) is 4.87. The molecule has 0 spiro atoms. The van der Waals surface area contributed by atoms with Gasteiger partial charge in [-0.3, -0.25) is 4.79 Å². The summed E-state index contributed by atoms with van der Waals surface area (Å²) < 4.78 is 0. The summed E-state index contributed by atoms with van der Waals surface area (Å²) in [6, 6.07) is -0.207. The van der Waals surface area contributed by atoms with Crippen molar-refractivity contribution >= 4 is 5.91 Å². The van der Waals surface area contributed by atoms with Crippen molar-refractivity contribution in [2.24, 2.45) is 11.7 Å². The largest absolute Gasteiger partial charge is 0.368 e. The van der Waals surface area contributed by atoms with Crippen LogP contribution in [0.2, 0.25) is 0 Å². The molecule has 1 fully saturated rings. The number of hydrogen-bond donors (Lipinski definition) is 3. The van der Waals surface area contributed by atoms with Gasteiger partial charge in [0.1, 0.15) is 0 Å². The van der Waals surface area contributed by atoms with Crippen LogP contribution < -0.4 is 16.4 Å². The quantitative estimate of drug-likeness (QED) is 0.550. The summed E-state index contributed by atoms with van der Waals surface area (Å²) in [5.74, 6) is 0.374. The first kappa shape index (κ1) is 10.5. The van der Waals surface area contributed by atoms with E-state index in [0.29, 0.717) is 5.92 Å². The zero-order chi connectivity index (χ0) is 9.68. The molecular weight excluding hydrogens is 166 g/mol. The predicted molar refractivity (Wildman–Crippen MR) is 52.3 cm³/mol. The number of rotatable bonds is 4. The molecule has 1 saturated heterocycles. The topological polar surface area (TPSA) is 67.2 Å². The first-order valence-electron chi connectivity index (χ1n) is 4.93. The van der Waals surface area contributed by atoms with Crippen molar-refractivity contribution in [2.75, 3.05) is 19.6 Å². The Balaban J connectivity index is 2.13. The van der Waals surface area contributed by atoms with Gasteiger partial charge in [0.25, 0.3) is 0 Å². The highest BCUT2D eigenvalue weighted by molar-refractivity contribution is 5.79. The van der Waals surface area contributed by atoms with Crippen LogP contribution >= 0.6 is 0 Å². The Hall–Kier alpha value is -0.610. The van der Waals surface area contributed by atoms with Crippen LogP contribution in [0, 0.1) is 5.92 Å². The van der Waals surface area contributed by atoms with E-state index in [4.69, 9.17) is 5.73 Å². The molecule has 4 N–H and O–H groups in total. The molecule has 0 radical (unpaired) electrons. The van der Waals surface area contributed by atoms with E-state index in [1.165, 1.54) is 12.8 Å². The standard InChI is InChI=1S/C9H19N3O/c1-7(9(10)13)12-6-8-3-2-4-11-5-8/h7-8,11-12H,2-6H2,1H3,(H2,10,13). The molecule has 0 saturated carbocycles. The molecular formula is C9H19N3O. The van der Waals surface area contributed by atoms with E-state index in [-0.39, 0.29) is 11.9 Å². The lowest BCUT2D eigenvalue weighted by Crippen LogP contribution is -2.43. The molecule has 0 aromatic rings. The number of carbonyl (C=O) groups is 1. The smallest absolute Gasteiger partial charge is 0.234 e. The van der Waals surface area contributed by atoms with Gasteiger partial charge in [0, 0.05) is 0 Å². The second-order valence-electron chi connectivity index (χ2n) is 3.74. The SMILES string of the molecule is CC(NCC1CCCNC1)C(N)=O. The fourth-order valence-electron chi connectivity index (χ4n) is 1.54. The molecule has 2 atom stereocenters. The molecule has 0 aromatic carbocycles. The third-order valence-electron chi connectivity index (χ3n) is 2.54. The molecule has 0 aromatic heterocycles. The zero-order valence-electron chi connectivity index (χ0n) is 8.18. The third-order valence-corrected chi connectivity index (χ3v) is 2.54. The molecule has 2 unspecified atom stereocenters. The van der Waals surface area contributed by atoms with Crippen LogP contribution in [0.5, 0.6) is 0 Å². The number of amides is 1. The maximum absolute atomic E-state index is 10.7. The van der Waals surface area contributed by atoms with Crippen LogP contribution in [-0.2, 0) is 4.79 Å². The summed E-state index contributed by atoms with van der Waals surface area (Å²) >= 11 is 0. The highest BCUT2D eigenvalue weighted by Gasteiger charge is 2.14. The number of nitrogens with one attached hydrogen (secondary N) is 2. The van der Waals surface area contributed by atoms with Crippen molar-refractivity contribution in [3.05, 3.63) is 0 Å². The first-order chi connectivity index (χ1) is 6.20.